The summed E-state index contributed by atoms with van der Waals surface area (Å²) in [5.74, 6) is -1.17. The Morgan fingerprint density at radius 1 is 0.682 bits per heavy atom. The maximum absolute atomic E-state index is 13.2. The standard InChI is InChI=1S/C69H73Cl2N9O6S2/c1-37(2)79-25-27-80(28-26-79)63-49-32-43(64-73-51-29-38(3)53(58(66(81)82)85-68(5,6)7)55(60(51)87-64)41-13-17-46(70)18-14-41)31-45(57(49)77(12)75-63)35-78-23-21-40(22-24-78)50-36-76(11)62-48(50)33-44(34-72-62)65-74-52-30-39(4)54(59(67(83)84)86-69(8,9)10)56(61(52)88-65)42-15-19-47(71)20-16-42/h13-21,29-34,36-37,58-59H,22-28,35H2,1-12H3,(H,81,82)(H,83,84)/t58-,59-/m0/s1. The molecule has 1 fully saturated rings. The highest BCUT2D eigenvalue weighted by Gasteiger charge is 2.35. The summed E-state index contributed by atoms with van der Waals surface area (Å²) in [6.07, 6.45) is 4.77. The van der Waals surface area contributed by atoms with E-state index in [1.807, 2.05) is 129 Å². The molecule has 0 amide bonds. The van der Waals surface area contributed by atoms with Crippen molar-refractivity contribution in [2.75, 3.05) is 44.2 Å². The average molecular weight is 1260 g/mol. The molecule has 10 aromatic rings. The van der Waals surface area contributed by atoms with Gasteiger partial charge >= 0.3 is 11.9 Å². The van der Waals surface area contributed by atoms with Gasteiger partial charge in [-0.25, -0.2) is 24.5 Å². The summed E-state index contributed by atoms with van der Waals surface area (Å²) >= 11 is 16.0. The third-order valence-electron chi connectivity index (χ3n) is 16.7. The van der Waals surface area contributed by atoms with Crippen LogP contribution in [0.5, 0.6) is 0 Å². The summed E-state index contributed by atoms with van der Waals surface area (Å²) in [7, 11) is 4.09. The van der Waals surface area contributed by atoms with Crippen LogP contribution in [0.1, 0.15) is 107 Å². The molecule has 456 valence electrons. The van der Waals surface area contributed by atoms with Crippen molar-refractivity contribution in [3.05, 3.63) is 141 Å². The summed E-state index contributed by atoms with van der Waals surface area (Å²) < 4.78 is 18.5. The monoisotopic (exact) mass is 1260 g/mol. The Hall–Kier alpha value is -7.06. The van der Waals surface area contributed by atoms with E-state index in [9.17, 15) is 19.8 Å². The third kappa shape index (κ3) is 12.0. The molecule has 2 aliphatic heterocycles. The average Bonchev–Trinajstić information content (AvgIpc) is 1.62. The van der Waals surface area contributed by atoms with E-state index >= 15 is 0 Å². The summed E-state index contributed by atoms with van der Waals surface area (Å²) in [5, 5.41) is 31.6. The molecular formula is C69H73Cl2N9O6S2. The molecule has 2 N–H and O–H groups in total. The highest BCUT2D eigenvalue weighted by Crippen LogP contribution is 2.48. The number of carboxylic acid groups (broad SMARTS) is 2. The van der Waals surface area contributed by atoms with Gasteiger partial charge in [0, 0.05) is 138 Å². The molecule has 2 atom stereocenters. The number of hydrogen-bond donors (Lipinski definition) is 2. The van der Waals surface area contributed by atoms with E-state index in [4.69, 9.17) is 52.7 Å². The Balaban J connectivity index is 0.912. The van der Waals surface area contributed by atoms with Gasteiger partial charge in [-0.15, -0.1) is 22.7 Å². The van der Waals surface area contributed by atoms with Crippen molar-refractivity contribution >= 4 is 112 Å². The van der Waals surface area contributed by atoms with Crippen molar-refractivity contribution in [3.63, 3.8) is 0 Å². The zero-order chi connectivity index (χ0) is 62.4. The number of ether oxygens (including phenoxy) is 2. The van der Waals surface area contributed by atoms with E-state index in [1.54, 1.807) is 11.3 Å². The quantitative estimate of drug-likeness (QED) is 0.0997. The van der Waals surface area contributed by atoms with Gasteiger partial charge in [0.2, 0.25) is 0 Å². The summed E-state index contributed by atoms with van der Waals surface area (Å²) in [5.41, 5.74) is 13.3. The number of aromatic nitrogens is 6. The first-order valence-electron chi connectivity index (χ1n) is 29.8. The number of carboxylic acids is 2. The first-order chi connectivity index (χ1) is 41.8. The minimum absolute atomic E-state index is 0.456. The van der Waals surface area contributed by atoms with Crippen molar-refractivity contribution in [3.8, 4) is 43.4 Å². The second-order valence-electron chi connectivity index (χ2n) is 25.7. The molecule has 1 saturated heterocycles. The number of pyridine rings is 1. The van der Waals surface area contributed by atoms with Crippen molar-refractivity contribution in [2.24, 2.45) is 14.1 Å². The number of carbonyl (C=O) groups is 2. The fraction of sp³-hybridized carbons (Fsp3) is 0.362. The van der Waals surface area contributed by atoms with Gasteiger partial charge in [-0.3, -0.25) is 14.5 Å². The number of benzene rings is 5. The molecule has 0 aliphatic carbocycles. The molecule has 5 aromatic heterocycles. The maximum atomic E-state index is 13.2. The van der Waals surface area contributed by atoms with Crippen molar-refractivity contribution in [1.82, 2.24) is 39.1 Å². The lowest BCUT2D eigenvalue weighted by atomic mass is 9.91. The second kappa shape index (κ2) is 23.7. The van der Waals surface area contributed by atoms with Crippen LogP contribution in [0.4, 0.5) is 5.82 Å². The van der Waals surface area contributed by atoms with Crippen LogP contribution >= 0.6 is 45.9 Å². The van der Waals surface area contributed by atoms with Gasteiger partial charge in [0.15, 0.2) is 18.0 Å². The maximum Gasteiger partial charge on any atom is 0.337 e. The number of fused-ring (bicyclic) bond motifs is 4. The zero-order valence-electron chi connectivity index (χ0n) is 51.8. The number of hydrogen-bond acceptors (Lipinski definition) is 13. The number of anilines is 1. The molecule has 0 radical (unpaired) electrons. The van der Waals surface area contributed by atoms with Crippen LogP contribution in [0.2, 0.25) is 10.0 Å². The van der Waals surface area contributed by atoms with Gasteiger partial charge in [0.25, 0.3) is 0 Å². The summed E-state index contributed by atoms with van der Waals surface area (Å²) in [4.78, 5) is 49.4. The molecule has 7 heterocycles. The fourth-order valence-corrected chi connectivity index (χ4v) is 15.2. The fourth-order valence-electron chi connectivity index (χ4n) is 12.7. The number of aryl methyl sites for hydroxylation is 4. The minimum atomic E-state index is -1.23. The second-order valence-corrected chi connectivity index (χ2v) is 28.5. The Kier molecular flexibility index (Phi) is 16.5. The lowest BCUT2D eigenvalue weighted by Gasteiger charge is -2.37. The van der Waals surface area contributed by atoms with E-state index in [2.05, 4.69) is 75.3 Å². The predicted molar refractivity (Wildman–Crippen MR) is 358 cm³/mol. The van der Waals surface area contributed by atoms with Crippen LogP contribution in [0.25, 0.3) is 91.3 Å². The summed E-state index contributed by atoms with van der Waals surface area (Å²) in [6.45, 7) is 25.4. The van der Waals surface area contributed by atoms with Crippen LogP contribution in [0.3, 0.4) is 0 Å². The van der Waals surface area contributed by atoms with Gasteiger partial charge in [0.05, 0.1) is 37.2 Å². The van der Waals surface area contributed by atoms with Gasteiger partial charge in [0.1, 0.15) is 15.7 Å². The van der Waals surface area contributed by atoms with Crippen LogP contribution in [-0.2, 0) is 39.7 Å². The van der Waals surface area contributed by atoms with Crippen molar-refractivity contribution < 1.29 is 29.3 Å². The smallest absolute Gasteiger partial charge is 0.337 e. The largest absolute Gasteiger partial charge is 0.479 e. The molecule has 0 saturated carbocycles. The Labute approximate surface area is 530 Å². The minimum Gasteiger partial charge on any atom is -0.479 e. The first kappa shape index (κ1) is 61.2. The Morgan fingerprint density at radius 3 is 1.69 bits per heavy atom. The number of piperazine rings is 1. The number of halogens is 2. The summed E-state index contributed by atoms with van der Waals surface area (Å²) in [6, 6.07) is 26.2. The van der Waals surface area contributed by atoms with Gasteiger partial charge in [-0.2, -0.15) is 5.10 Å². The zero-order valence-corrected chi connectivity index (χ0v) is 54.9. The number of aliphatic carboxylic acids is 2. The molecule has 19 heteroatoms. The first-order valence-corrected chi connectivity index (χ1v) is 32.2. The molecule has 0 bridgehead atoms. The highest BCUT2D eigenvalue weighted by molar-refractivity contribution is 7.22. The van der Waals surface area contributed by atoms with Crippen molar-refractivity contribution in [1.29, 1.82) is 0 Å². The lowest BCUT2D eigenvalue weighted by molar-refractivity contribution is -0.161. The predicted octanol–water partition coefficient (Wildman–Crippen LogP) is 16.0. The molecule has 2 aliphatic rings. The molecular weight excluding hydrogens is 1190 g/mol. The molecule has 0 spiro atoms. The van der Waals surface area contributed by atoms with E-state index in [0.717, 1.165) is 153 Å². The van der Waals surface area contributed by atoms with Crippen LogP contribution in [-0.4, -0.2) is 118 Å². The van der Waals surface area contributed by atoms with E-state index in [-0.39, 0.29) is 0 Å². The normalized spacial score (nSPS) is 15.6. The third-order valence-corrected chi connectivity index (χ3v) is 19.5. The Bertz CT molecular complexity index is 4410. The van der Waals surface area contributed by atoms with Gasteiger partial charge in [-0.1, -0.05) is 53.5 Å². The topological polar surface area (TPSA) is 164 Å². The molecule has 12 rings (SSSR count). The number of rotatable bonds is 15. The van der Waals surface area contributed by atoms with E-state index in [0.29, 0.717) is 40.3 Å². The number of nitrogens with zero attached hydrogens (tertiary/aromatic N) is 9. The van der Waals surface area contributed by atoms with Crippen LogP contribution < -0.4 is 4.90 Å². The van der Waals surface area contributed by atoms with Crippen molar-refractivity contribution in [2.45, 2.75) is 112 Å². The molecule has 88 heavy (non-hydrogen) atoms. The Morgan fingerprint density at radius 2 is 1.20 bits per heavy atom. The molecule has 5 aromatic carbocycles. The highest BCUT2D eigenvalue weighted by atomic mass is 35.5. The van der Waals surface area contributed by atoms with E-state index < -0.39 is 35.3 Å². The number of thiazole rings is 2. The van der Waals surface area contributed by atoms with Crippen LogP contribution in [0, 0.1) is 13.8 Å². The van der Waals surface area contributed by atoms with Crippen LogP contribution in [0.15, 0.2) is 97.3 Å². The lowest BCUT2D eigenvalue weighted by Crippen LogP contribution is -2.49. The molecule has 15 nitrogen and oxygen atoms in total. The van der Waals surface area contributed by atoms with E-state index in [1.165, 1.54) is 16.9 Å². The van der Waals surface area contributed by atoms with Gasteiger partial charge < -0.3 is 29.2 Å². The SMILES string of the molecule is Cc1cc2nc(-c3cnc4c(c3)c(C3=CCN(Cc5cc(-c6nc7cc(C)c([C@H](OC(C)(C)C)C(=O)O)c(-c8ccc(Cl)cc8)c7s6)cc6c(N7CCN(C(C)C)CC7)nn(C)c56)CC3)cn4C)sc2c(-c2ccc(Cl)cc2)c1[C@H](OC(C)(C)C)C(=O)O. The molecule has 0 unspecified atom stereocenters. The van der Waals surface area contributed by atoms with Gasteiger partial charge in [-0.05, 0) is 164 Å².